The molecule has 0 atom stereocenters. The third kappa shape index (κ3) is 2.09. The van der Waals surface area contributed by atoms with Gasteiger partial charge in [0.15, 0.2) is 0 Å². The van der Waals surface area contributed by atoms with Crippen LogP contribution in [0.25, 0.3) is 0 Å². The molecule has 2 N–H and O–H groups in total. The quantitative estimate of drug-likeness (QED) is 0.674. The molecule has 3 nitrogen and oxygen atoms in total. The second-order valence-electron chi connectivity index (χ2n) is 2.49. The number of hydrogen-bond acceptors (Lipinski definition) is 2. The van der Waals surface area contributed by atoms with Crippen LogP contribution >= 0.6 is 0 Å². The van der Waals surface area contributed by atoms with Crippen molar-refractivity contribution in [1.82, 2.24) is 0 Å². The van der Waals surface area contributed by atoms with Crippen molar-refractivity contribution in [2.45, 2.75) is 11.8 Å². The van der Waals surface area contributed by atoms with Crippen LogP contribution in [0.2, 0.25) is 0 Å². The van der Waals surface area contributed by atoms with Gasteiger partial charge in [-0.3, -0.25) is 0 Å². The van der Waals surface area contributed by atoms with Crippen molar-refractivity contribution in [2.24, 2.45) is 5.14 Å². The van der Waals surface area contributed by atoms with Gasteiger partial charge >= 0.3 is 80.4 Å². The number of benzene rings is 1. The van der Waals surface area contributed by atoms with Gasteiger partial charge in [0.1, 0.15) is 0 Å². The Bertz CT molecular complexity index is 400. The van der Waals surface area contributed by atoms with E-state index in [1.807, 2.05) is 6.92 Å². The number of nitrogens with two attached hydrogens (primary N) is 1. The normalized spacial score (nSPS) is 11.6. The standard InChI is InChI=1S/C7H8AsNO2S/c1-5-2-3-6(4-7(5)8)12(9,10)11/h2-4H,1H3,(H2,9,10,11). The molecular weight excluding hydrogens is 237 g/mol. The summed E-state index contributed by atoms with van der Waals surface area (Å²) in [5.74, 6) is 0. The van der Waals surface area contributed by atoms with Crippen LogP contribution in [0.5, 0.6) is 0 Å². The zero-order valence-corrected chi connectivity index (χ0v) is 9.17. The van der Waals surface area contributed by atoms with E-state index in [-0.39, 0.29) is 4.90 Å². The van der Waals surface area contributed by atoms with Crippen LogP contribution < -0.4 is 9.49 Å². The Kier molecular flexibility index (Phi) is 2.61. The molecule has 0 spiro atoms. The zero-order chi connectivity index (χ0) is 9.35. The van der Waals surface area contributed by atoms with Crippen LogP contribution in [0.3, 0.4) is 0 Å². The Morgan fingerprint density at radius 3 is 2.42 bits per heavy atom. The third-order valence-corrected chi connectivity index (χ3v) is 3.43. The molecule has 0 bridgehead atoms. The molecule has 0 saturated heterocycles. The monoisotopic (exact) mass is 245 g/mol. The van der Waals surface area contributed by atoms with E-state index >= 15 is 0 Å². The first-order chi connectivity index (χ1) is 5.41. The van der Waals surface area contributed by atoms with Gasteiger partial charge in [0, 0.05) is 0 Å². The van der Waals surface area contributed by atoms with E-state index in [1.165, 1.54) is 6.07 Å². The summed E-state index contributed by atoms with van der Waals surface area (Å²) in [4.78, 5) is 0.156. The number of aryl methyl sites for hydroxylation is 1. The first-order valence-corrected chi connectivity index (χ1v) is 5.72. The van der Waals surface area contributed by atoms with Crippen molar-refractivity contribution in [3.8, 4) is 0 Å². The number of hydrogen-bond donors (Lipinski definition) is 1. The molecule has 1 aromatic carbocycles. The number of rotatable bonds is 1. The van der Waals surface area contributed by atoms with Crippen LogP contribution in [0, 0.1) is 6.92 Å². The fraction of sp³-hybridized carbons (Fsp3) is 0.143. The summed E-state index contributed by atoms with van der Waals surface area (Å²) in [5, 5.41) is 4.94. The fourth-order valence-corrected chi connectivity index (χ4v) is 1.94. The molecule has 64 valence electrons. The Morgan fingerprint density at radius 2 is 2.00 bits per heavy atom. The molecule has 1 rings (SSSR count). The molecular formula is C7H8AsNO2S. The van der Waals surface area contributed by atoms with Gasteiger partial charge in [-0.15, -0.1) is 0 Å². The summed E-state index contributed by atoms with van der Waals surface area (Å²) in [7, 11) is -3.55. The average molecular weight is 245 g/mol. The SMILES string of the molecule is Cc1ccc(S(N)(=O)=O)cc1[As]. The molecule has 0 amide bonds. The van der Waals surface area contributed by atoms with E-state index in [0.717, 1.165) is 9.91 Å². The molecule has 0 aliphatic carbocycles. The van der Waals surface area contributed by atoms with Crippen LogP contribution in [-0.2, 0) is 10.0 Å². The third-order valence-electron chi connectivity index (χ3n) is 1.51. The Hall–Kier alpha value is -0.312. The van der Waals surface area contributed by atoms with Gasteiger partial charge in [-0.25, -0.2) is 0 Å². The van der Waals surface area contributed by atoms with Gasteiger partial charge in [-0.2, -0.15) is 0 Å². The average Bonchev–Trinajstić information content (AvgIpc) is 1.92. The Morgan fingerprint density at radius 1 is 1.42 bits per heavy atom. The van der Waals surface area contributed by atoms with Gasteiger partial charge in [0.2, 0.25) is 0 Å². The van der Waals surface area contributed by atoms with E-state index < -0.39 is 10.0 Å². The molecule has 5 heteroatoms. The summed E-state index contributed by atoms with van der Waals surface area (Å²) in [6.07, 6.45) is 0. The topological polar surface area (TPSA) is 60.2 Å². The maximum atomic E-state index is 10.9. The van der Waals surface area contributed by atoms with Gasteiger partial charge < -0.3 is 0 Å². The van der Waals surface area contributed by atoms with Crippen molar-refractivity contribution in [1.29, 1.82) is 0 Å². The summed E-state index contributed by atoms with van der Waals surface area (Å²) in [6, 6.07) is 4.78. The van der Waals surface area contributed by atoms with Crippen LogP contribution in [0.4, 0.5) is 0 Å². The Balaban J connectivity index is 3.33. The maximum absolute atomic E-state index is 10.9. The molecule has 0 heterocycles. The molecule has 0 fully saturated rings. The molecule has 0 unspecified atom stereocenters. The molecule has 12 heavy (non-hydrogen) atoms. The predicted molar refractivity (Wildman–Crippen MR) is 47.9 cm³/mol. The molecule has 0 aliphatic heterocycles. The summed E-state index contributed by atoms with van der Waals surface area (Å²) in [5.41, 5.74) is 1.03. The number of sulfonamides is 1. The van der Waals surface area contributed by atoms with Crippen molar-refractivity contribution < 1.29 is 8.42 Å². The van der Waals surface area contributed by atoms with Crippen molar-refractivity contribution in [2.75, 3.05) is 0 Å². The van der Waals surface area contributed by atoms with E-state index in [2.05, 4.69) is 16.9 Å². The molecule has 0 aromatic heterocycles. The van der Waals surface area contributed by atoms with Gasteiger partial charge in [-0.1, -0.05) is 0 Å². The van der Waals surface area contributed by atoms with E-state index in [4.69, 9.17) is 5.14 Å². The minimum atomic E-state index is -3.55. The summed E-state index contributed by atoms with van der Waals surface area (Å²) in [6.45, 7) is 1.90. The second kappa shape index (κ2) is 3.21. The minimum absolute atomic E-state index is 0.156. The van der Waals surface area contributed by atoms with Gasteiger partial charge in [-0.05, 0) is 0 Å². The molecule has 1 aromatic rings. The van der Waals surface area contributed by atoms with Crippen LogP contribution in [0.1, 0.15) is 5.56 Å². The van der Waals surface area contributed by atoms with Crippen molar-refractivity contribution in [3.05, 3.63) is 23.8 Å². The van der Waals surface area contributed by atoms with Gasteiger partial charge in [0.25, 0.3) is 0 Å². The summed E-state index contributed by atoms with van der Waals surface area (Å²) >= 11 is 2.31. The van der Waals surface area contributed by atoms with Crippen molar-refractivity contribution >= 4 is 31.2 Å². The van der Waals surface area contributed by atoms with Crippen LogP contribution in [-0.4, -0.2) is 25.3 Å². The van der Waals surface area contributed by atoms with Crippen LogP contribution in [0.15, 0.2) is 23.1 Å². The zero-order valence-electron chi connectivity index (χ0n) is 6.48. The fourth-order valence-electron chi connectivity index (χ4n) is 0.766. The first kappa shape index (κ1) is 9.77. The molecule has 2 radical (unpaired) electrons. The molecule has 0 aliphatic rings. The Labute approximate surface area is 80.5 Å². The first-order valence-electron chi connectivity index (χ1n) is 3.23. The number of primary sulfonamides is 1. The van der Waals surface area contributed by atoms with Gasteiger partial charge in [0.05, 0.1) is 0 Å². The second-order valence-corrected chi connectivity index (χ2v) is 5.07. The van der Waals surface area contributed by atoms with E-state index in [0.29, 0.717) is 0 Å². The predicted octanol–water partition coefficient (Wildman–Crippen LogP) is -0.564. The van der Waals surface area contributed by atoms with Crippen molar-refractivity contribution in [3.63, 3.8) is 0 Å². The van der Waals surface area contributed by atoms with E-state index in [1.54, 1.807) is 12.1 Å². The molecule has 0 saturated carbocycles. The van der Waals surface area contributed by atoms with E-state index in [9.17, 15) is 8.42 Å². The summed E-state index contributed by atoms with van der Waals surface area (Å²) < 4.78 is 22.6.